The predicted molar refractivity (Wildman–Crippen MR) is 88.5 cm³/mol. The van der Waals surface area contributed by atoms with Gasteiger partial charge in [-0.1, -0.05) is 0 Å². The fourth-order valence-electron chi connectivity index (χ4n) is 3.00. The number of carbonyl (C=O) groups is 2. The minimum atomic E-state index is -2.29. The van der Waals surface area contributed by atoms with Crippen molar-refractivity contribution in [3.05, 3.63) is 6.33 Å². The van der Waals surface area contributed by atoms with Crippen molar-refractivity contribution in [1.82, 2.24) is 19.5 Å². The smallest absolute Gasteiger partial charge is 0.302 e. The number of aromatic nitrogens is 4. The topological polar surface area (TPSA) is 172 Å². The van der Waals surface area contributed by atoms with Crippen molar-refractivity contribution >= 4 is 28.9 Å². The third kappa shape index (κ3) is 2.97. The highest BCUT2D eigenvalue weighted by Gasteiger charge is 2.59. The van der Waals surface area contributed by atoms with Crippen molar-refractivity contribution in [2.75, 3.05) is 19.5 Å². The fourth-order valence-corrected chi connectivity index (χ4v) is 3.00. The molecule has 0 aliphatic carbocycles. The largest absolute Gasteiger partial charge is 0.479 e. The molecule has 2 aromatic heterocycles. The minimum Gasteiger partial charge on any atom is -0.479 e. The van der Waals surface area contributed by atoms with Gasteiger partial charge in [0.1, 0.15) is 18.8 Å². The Morgan fingerprint density at radius 1 is 1.41 bits per heavy atom. The van der Waals surface area contributed by atoms with Crippen molar-refractivity contribution in [2.24, 2.45) is 0 Å². The molecule has 3 rings (SSSR count). The molecule has 1 saturated heterocycles. The van der Waals surface area contributed by atoms with Gasteiger partial charge in [-0.2, -0.15) is 9.97 Å². The fraction of sp³-hybridized carbons (Fsp3) is 0.533. The molecule has 2 aromatic rings. The normalized spacial score (nSPS) is 27.7. The Labute approximate surface area is 152 Å². The number of imidazole rings is 1. The number of ether oxygens (including phenoxy) is 3. The second kappa shape index (κ2) is 6.72. The summed E-state index contributed by atoms with van der Waals surface area (Å²) in [6.07, 6.45) is -2.94. The summed E-state index contributed by atoms with van der Waals surface area (Å²) in [6.45, 7) is 1.85. The number of rotatable bonds is 5. The second-order valence-electron chi connectivity index (χ2n) is 6.06. The van der Waals surface area contributed by atoms with Crippen molar-refractivity contribution in [2.45, 2.75) is 37.9 Å². The van der Waals surface area contributed by atoms with Gasteiger partial charge < -0.3 is 30.2 Å². The lowest BCUT2D eigenvalue weighted by molar-refractivity contribution is -0.160. The monoisotopic (exact) mass is 381 g/mol. The lowest BCUT2D eigenvalue weighted by atomic mass is 9.88. The van der Waals surface area contributed by atoms with E-state index in [1.807, 2.05) is 0 Å². The number of nitrogen functional groups attached to an aromatic ring is 1. The zero-order chi connectivity index (χ0) is 19.9. The molecular formula is C15H19N5O7. The molecule has 12 nitrogen and oxygen atoms in total. The van der Waals surface area contributed by atoms with Crippen LogP contribution in [0.15, 0.2) is 6.33 Å². The first-order chi connectivity index (χ1) is 12.7. The summed E-state index contributed by atoms with van der Waals surface area (Å²) >= 11 is 0. The van der Waals surface area contributed by atoms with Crippen molar-refractivity contribution in [3.8, 4) is 5.88 Å². The molecule has 0 aromatic carbocycles. The molecule has 1 fully saturated rings. The average molecular weight is 381 g/mol. The number of anilines is 1. The summed E-state index contributed by atoms with van der Waals surface area (Å²) in [7, 11) is 1.38. The number of esters is 1. The lowest BCUT2D eigenvalue weighted by Crippen LogP contribution is -2.54. The van der Waals surface area contributed by atoms with Gasteiger partial charge in [-0.15, -0.1) is 0 Å². The Bertz CT molecular complexity index is 900. The molecule has 0 spiro atoms. The molecule has 27 heavy (non-hydrogen) atoms. The molecule has 12 heteroatoms. The number of nitrogens with two attached hydrogens (primary N) is 1. The lowest BCUT2D eigenvalue weighted by Gasteiger charge is -2.27. The van der Waals surface area contributed by atoms with Crippen LogP contribution in [-0.2, 0) is 19.1 Å². The number of carbonyl (C=O) groups excluding carboxylic acids is 2. The van der Waals surface area contributed by atoms with Gasteiger partial charge in [0.15, 0.2) is 28.8 Å². The standard InChI is InChI=1S/C15H19N5O7/c1-6(21)15(24)8(4-26-7(2)22)27-13(10(15)23)20-5-17-9-11(20)18-14(16)19-12(9)25-3/h5,8,10,13,23-24H,4H2,1-3H3,(H2,16,18,19)/t8-,10-,13-,15-/m1/s1. The summed E-state index contributed by atoms with van der Waals surface area (Å²) in [5.41, 5.74) is 3.79. The molecule has 3 heterocycles. The van der Waals surface area contributed by atoms with Gasteiger partial charge >= 0.3 is 5.97 Å². The summed E-state index contributed by atoms with van der Waals surface area (Å²) in [5, 5.41) is 21.4. The first kappa shape index (κ1) is 18.9. The van der Waals surface area contributed by atoms with Gasteiger partial charge in [0.05, 0.1) is 13.4 Å². The molecule has 4 N–H and O–H groups in total. The van der Waals surface area contributed by atoms with Crippen LogP contribution in [0.1, 0.15) is 20.1 Å². The van der Waals surface area contributed by atoms with Gasteiger partial charge in [0.25, 0.3) is 0 Å². The van der Waals surface area contributed by atoms with E-state index in [-0.39, 0.29) is 23.0 Å². The number of aliphatic hydroxyl groups excluding tert-OH is 1. The van der Waals surface area contributed by atoms with Gasteiger partial charge in [0, 0.05) is 6.92 Å². The van der Waals surface area contributed by atoms with E-state index in [1.54, 1.807) is 0 Å². The molecule has 0 radical (unpaired) electrons. The SMILES string of the molecule is COc1nc(N)nc2c1ncn2[C@@H]1O[C@H](COC(C)=O)[C@](O)(C(C)=O)[C@@H]1O. The molecule has 0 amide bonds. The van der Waals surface area contributed by atoms with Gasteiger partial charge in [-0.05, 0) is 6.92 Å². The maximum atomic E-state index is 12.0. The molecule has 4 atom stereocenters. The van der Waals surface area contributed by atoms with Crippen LogP contribution >= 0.6 is 0 Å². The third-order valence-corrected chi connectivity index (χ3v) is 4.39. The van der Waals surface area contributed by atoms with Crippen LogP contribution in [0, 0.1) is 0 Å². The summed E-state index contributed by atoms with van der Waals surface area (Å²) in [5.74, 6) is -1.36. The molecular weight excluding hydrogens is 362 g/mol. The average Bonchev–Trinajstić information content (AvgIpc) is 3.13. The highest BCUT2D eigenvalue weighted by Crippen LogP contribution is 2.39. The van der Waals surface area contributed by atoms with Crippen LogP contribution in [0.25, 0.3) is 11.2 Å². The Morgan fingerprint density at radius 2 is 2.11 bits per heavy atom. The predicted octanol–water partition coefficient (Wildman–Crippen LogP) is -1.44. The Hall–Kier alpha value is -2.83. The van der Waals surface area contributed by atoms with Crippen LogP contribution < -0.4 is 10.5 Å². The Morgan fingerprint density at radius 3 is 2.70 bits per heavy atom. The highest BCUT2D eigenvalue weighted by atomic mass is 16.6. The van der Waals surface area contributed by atoms with Crippen LogP contribution in [0.3, 0.4) is 0 Å². The zero-order valence-corrected chi connectivity index (χ0v) is 14.8. The number of nitrogens with zero attached hydrogens (tertiary/aromatic N) is 4. The molecule has 0 saturated carbocycles. The van der Waals surface area contributed by atoms with Gasteiger partial charge in [-0.3, -0.25) is 14.2 Å². The first-order valence-corrected chi connectivity index (χ1v) is 7.94. The van der Waals surface area contributed by atoms with Crippen molar-refractivity contribution in [1.29, 1.82) is 0 Å². The molecule has 0 bridgehead atoms. The number of hydrogen-bond acceptors (Lipinski definition) is 11. The van der Waals surface area contributed by atoms with Gasteiger partial charge in [0.2, 0.25) is 11.8 Å². The number of hydrogen-bond donors (Lipinski definition) is 3. The summed E-state index contributed by atoms with van der Waals surface area (Å²) < 4.78 is 16.9. The summed E-state index contributed by atoms with van der Waals surface area (Å²) in [6, 6.07) is 0. The molecule has 1 aliphatic heterocycles. The third-order valence-electron chi connectivity index (χ3n) is 4.39. The number of Topliss-reactive ketones (excluding diaryl/α,β-unsaturated/α-hetero) is 1. The van der Waals surface area contributed by atoms with Crippen molar-refractivity contribution < 1.29 is 34.0 Å². The number of aliphatic hydroxyl groups is 2. The minimum absolute atomic E-state index is 0.105. The highest BCUT2D eigenvalue weighted by molar-refractivity contribution is 5.87. The van der Waals surface area contributed by atoms with E-state index in [1.165, 1.54) is 24.9 Å². The number of ketones is 1. The Kier molecular flexibility index (Phi) is 4.71. The van der Waals surface area contributed by atoms with E-state index >= 15 is 0 Å². The van der Waals surface area contributed by atoms with Gasteiger partial charge in [-0.25, -0.2) is 4.98 Å². The van der Waals surface area contributed by atoms with E-state index in [0.29, 0.717) is 0 Å². The van der Waals surface area contributed by atoms with Crippen LogP contribution in [-0.4, -0.2) is 73.0 Å². The number of methoxy groups -OCH3 is 1. The van der Waals surface area contributed by atoms with E-state index in [0.717, 1.165) is 6.92 Å². The molecule has 146 valence electrons. The van der Waals surface area contributed by atoms with Crippen LogP contribution in [0.4, 0.5) is 5.95 Å². The first-order valence-electron chi connectivity index (χ1n) is 7.94. The molecule has 0 unspecified atom stereocenters. The van der Waals surface area contributed by atoms with E-state index in [4.69, 9.17) is 19.9 Å². The quantitative estimate of drug-likeness (QED) is 0.518. The maximum Gasteiger partial charge on any atom is 0.302 e. The summed E-state index contributed by atoms with van der Waals surface area (Å²) in [4.78, 5) is 35.2. The zero-order valence-electron chi connectivity index (χ0n) is 14.8. The maximum absolute atomic E-state index is 12.0. The Balaban J connectivity index is 2.04. The van der Waals surface area contributed by atoms with Crippen molar-refractivity contribution in [3.63, 3.8) is 0 Å². The van der Waals surface area contributed by atoms with E-state index in [2.05, 4.69) is 15.0 Å². The van der Waals surface area contributed by atoms with Crippen LogP contribution in [0.2, 0.25) is 0 Å². The number of fused-ring (bicyclic) bond motifs is 1. The van der Waals surface area contributed by atoms with E-state index in [9.17, 15) is 19.8 Å². The van der Waals surface area contributed by atoms with Crippen LogP contribution in [0.5, 0.6) is 5.88 Å². The second-order valence-corrected chi connectivity index (χ2v) is 6.06. The molecule has 1 aliphatic rings. The van der Waals surface area contributed by atoms with E-state index < -0.39 is 42.4 Å².